The van der Waals surface area contributed by atoms with Gasteiger partial charge >= 0.3 is 6.18 Å². The molecular weight excluding hydrogens is 471 g/mol. The maximum Gasteiger partial charge on any atom is 0.418 e. The van der Waals surface area contributed by atoms with E-state index >= 15 is 0 Å². The minimum absolute atomic E-state index is 0.0777. The second-order valence-corrected chi connectivity index (χ2v) is 8.21. The third-order valence-corrected chi connectivity index (χ3v) is 5.82. The molecule has 1 aliphatic rings. The van der Waals surface area contributed by atoms with Crippen LogP contribution in [0.15, 0.2) is 65.1 Å². The number of alkyl halides is 3. The maximum absolute atomic E-state index is 13.1. The van der Waals surface area contributed by atoms with Gasteiger partial charge in [0.2, 0.25) is 5.91 Å². The molecule has 2 heterocycles. The summed E-state index contributed by atoms with van der Waals surface area (Å²) in [5.74, 6) is -0.151. The molecule has 0 saturated carbocycles. The number of hydrogen-bond donors (Lipinski definition) is 1. The number of nitrogens with zero attached hydrogens (tertiary/aromatic N) is 2. The van der Waals surface area contributed by atoms with Crippen LogP contribution < -0.4 is 5.32 Å². The molecule has 1 saturated heterocycles. The van der Waals surface area contributed by atoms with E-state index in [1.807, 2.05) is 6.07 Å². The van der Waals surface area contributed by atoms with Crippen LogP contribution in [-0.2, 0) is 11.0 Å². The van der Waals surface area contributed by atoms with Crippen LogP contribution in [0, 0.1) is 0 Å². The smallest absolute Gasteiger partial charge is 0.418 e. The molecule has 1 fully saturated rings. The first kappa shape index (κ1) is 23.8. The standard InChI is InChI=1S/C24H21ClF3N3O3/c25-18-7-3-1-5-16(18)20-9-10-21(34-20)23(33)31-13-11-30(12-14-31)15-22(32)29-19-8-4-2-6-17(19)24(26,27)28/h1-10H,11-15H2,(H,29,32). The van der Waals surface area contributed by atoms with Gasteiger partial charge in [-0.3, -0.25) is 14.5 Å². The predicted molar refractivity (Wildman–Crippen MR) is 122 cm³/mol. The van der Waals surface area contributed by atoms with Crippen molar-refractivity contribution in [2.75, 3.05) is 38.0 Å². The molecule has 1 aliphatic heterocycles. The molecule has 0 unspecified atom stereocenters. The molecule has 0 bridgehead atoms. The number of nitrogens with one attached hydrogen (secondary N) is 1. The van der Waals surface area contributed by atoms with Gasteiger partial charge in [-0.1, -0.05) is 35.9 Å². The second-order valence-electron chi connectivity index (χ2n) is 7.80. The minimum atomic E-state index is -4.56. The number of amides is 2. The first-order chi connectivity index (χ1) is 16.2. The fraction of sp³-hybridized carbons (Fsp3) is 0.250. The molecular formula is C24H21ClF3N3O3. The summed E-state index contributed by atoms with van der Waals surface area (Å²) in [6.45, 7) is 1.43. The van der Waals surface area contributed by atoms with Gasteiger partial charge in [0, 0.05) is 31.7 Å². The van der Waals surface area contributed by atoms with E-state index in [9.17, 15) is 22.8 Å². The molecule has 1 N–H and O–H groups in total. The quantitative estimate of drug-likeness (QED) is 0.544. The van der Waals surface area contributed by atoms with E-state index in [-0.39, 0.29) is 23.9 Å². The van der Waals surface area contributed by atoms with Crippen molar-refractivity contribution in [3.63, 3.8) is 0 Å². The van der Waals surface area contributed by atoms with Gasteiger partial charge in [0.05, 0.1) is 22.8 Å². The normalized spacial score (nSPS) is 14.8. The highest BCUT2D eigenvalue weighted by Gasteiger charge is 2.34. The van der Waals surface area contributed by atoms with Crippen LogP contribution in [0.3, 0.4) is 0 Å². The largest absolute Gasteiger partial charge is 0.451 e. The number of carbonyl (C=O) groups is 2. The van der Waals surface area contributed by atoms with E-state index in [0.717, 1.165) is 6.07 Å². The molecule has 2 amide bonds. The molecule has 0 radical (unpaired) electrons. The van der Waals surface area contributed by atoms with Crippen molar-refractivity contribution < 1.29 is 27.2 Å². The fourth-order valence-corrected chi connectivity index (χ4v) is 3.98. The zero-order valence-corrected chi connectivity index (χ0v) is 18.7. The van der Waals surface area contributed by atoms with Gasteiger partial charge in [0.1, 0.15) is 5.76 Å². The van der Waals surface area contributed by atoms with Gasteiger partial charge in [-0.05, 0) is 36.4 Å². The van der Waals surface area contributed by atoms with Gasteiger partial charge in [-0.2, -0.15) is 13.2 Å². The summed E-state index contributed by atoms with van der Waals surface area (Å²) < 4.78 is 45.1. The Morgan fingerprint density at radius 2 is 1.62 bits per heavy atom. The average Bonchev–Trinajstić information content (AvgIpc) is 3.29. The van der Waals surface area contributed by atoms with Gasteiger partial charge in [-0.15, -0.1) is 0 Å². The lowest BCUT2D eigenvalue weighted by atomic mass is 10.1. The Labute approximate surface area is 198 Å². The van der Waals surface area contributed by atoms with E-state index in [2.05, 4.69) is 5.32 Å². The highest BCUT2D eigenvalue weighted by molar-refractivity contribution is 6.33. The summed E-state index contributed by atoms with van der Waals surface area (Å²) in [5, 5.41) is 2.85. The Hall–Kier alpha value is -3.30. The highest BCUT2D eigenvalue weighted by Crippen LogP contribution is 2.34. The SMILES string of the molecule is O=C(CN1CCN(C(=O)c2ccc(-c3ccccc3Cl)o2)CC1)Nc1ccccc1C(F)(F)F. The zero-order chi connectivity index (χ0) is 24.3. The Balaban J connectivity index is 1.31. The van der Waals surface area contributed by atoms with Crippen molar-refractivity contribution in [3.05, 3.63) is 77.0 Å². The van der Waals surface area contributed by atoms with Gasteiger partial charge in [-0.25, -0.2) is 0 Å². The van der Waals surface area contributed by atoms with Crippen LogP contribution >= 0.6 is 11.6 Å². The van der Waals surface area contributed by atoms with Crippen molar-refractivity contribution in [1.29, 1.82) is 0 Å². The number of rotatable bonds is 5. The molecule has 0 atom stereocenters. The van der Waals surface area contributed by atoms with Crippen molar-refractivity contribution >= 4 is 29.1 Å². The number of anilines is 1. The number of carbonyl (C=O) groups excluding carboxylic acids is 2. The molecule has 2 aromatic carbocycles. The molecule has 178 valence electrons. The lowest BCUT2D eigenvalue weighted by molar-refractivity contribution is -0.137. The molecule has 34 heavy (non-hydrogen) atoms. The Morgan fingerprint density at radius 3 is 2.32 bits per heavy atom. The van der Waals surface area contributed by atoms with Crippen molar-refractivity contribution in [2.24, 2.45) is 0 Å². The van der Waals surface area contributed by atoms with E-state index in [4.69, 9.17) is 16.0 Å². The van der Waals surface area contributed by atoms with Gasteiger partial charge in [0.25, 0.3) is 5.91 Å². The van der Waals surface area contributed by atoms with Crippen LogP contribution in [0.25, 0.3) is 11.3 Å². The third-order valence-electron chi connectivity index (χ3n) is 5.49. The number of halogens is 4. The van der Waals surface area contributed by atoms with Crippen LogP contribution in [-0.4, -0.2) is 54.3 Å². The summed E-state index contributed by atoms with van der Waals surface area (Å²) in [7, 11) is 0. The molecule has 0 aliphatic carbocycles. The number of benzene rings is 2. The van der Waals surface area contributed by atoms with Crippen LogP contribution in [0.5, 0.6) is 0 Å². The molecule has 6 nitrogen and oxygen atoms in total. The topological polar surface area (TPSA) is 65.8 Å². The van der Waals surface area contributed by atoms with Crippen molar-refractivity contribution in [3.8, 4) is 11.3 Å². The van der Waals surface area contributed by atoms with Crippen LogP contribution in [0.2, 0.25) is 5.02 Å². The average molecular weight is 492 g/mol. The first-order valence-electron chi connectivity index (χ1n) is 10.5. The first-order valence-corrected chi connectivity index (χ1v) is 10.9. The van der Waals surface area contributed by atoms with Gasteiger partial charge < -0.3 is 14.6 Å². The molecule has 1 aromatic heterocycles. The maximum atomic E-state index is 13.1. The van der Waals surface area contributed by atoms with E-state index < -0.39 is 17.6 Å². The van der Waals surface area contributed by atoms with E-state index in [0.29, 0.717) is 42.5 Å². The molecule has 0 spiro atoms. The summed E-state index contributed by atoms with van der Waals surface area (Å²) >= 11 is 6.19. The number of para-hydroxylation sites is 1. The number of piperazine rings is 1. The van der Waals surface area contributed by atoms with Crippen molar-refractivity contribution in [2.45, 2.75) is 6.18 Å². The summed E-state index contributed by atoms with van der Waals surface area (Å²) in [4.78, 5) is 28.6. The second kappa shape index (κ2) is 9.90. The number of hydrogen-bond acceptors (Lipinski definition) is 4. The fourth-order valence-electron chi connectivity index (χ4n) is 3.76. The Bertz CT molecular complexity index is 1190. The van der Waals surface area contributed by atoms with E-state index in [1.165, 1.54) is 18.2 Å². The van der Waals surface area contributed by atoms with Gasteiger partial charge in [0.15, 0.2) is 5.76 Å². The van der Waals surface area contributed by atoms with E-state index in [1.54, 1.807) is 40.1 Å². The molecule has 4 rings (SSSR count). The lowest BCUT2D eigenvalue weighted by Crippen LogP contribution is -2.50. The number of furan rings is 1. The monoisotopic (exact) mass is 491 g/mol. The van der Waals surface area contributed by atoms with Crippen molar-refractivity contribution in [1.82, 2.24) is 9.80 Å². The lowest BCUT2D eigenvalue weighted by Gasteiger charge is -2.33. The Morgan fingerprint density at radius 1 is 0.941 bits per heavy atom. The van der Waals surface area contributed by atoms with Crippen LogP contribution in [0.4, 0.5) is 18.9 Å². The third kappa shape index (κ3) is 5.43. The molecule has 10 heteroatoms. The minimum Gasteiger partial charge on any atom is -0.451 e. The van der Waals surface area contributed by atoms with Crippen LogP contribution in [0.1, 0.15) is 16.1 Å². The summed E-state index contributed by atoms with van der Waals surface area (Å²) in [6, 6.07) is 15.3. The predicted octanol–water partition coefficient (Wildman–Crippen LogP) is 5.02. The Kier molecular flexibility index (Phi) is 6.95. The molecule has 3 aromatic rings. The summed E-state index contributed by atoms with van der Waals surface area (Å²) in [5.41, 5.74) is -0.486. The summed E-state index contributed by atoms with van der Waals surface area (Å²) in [6.07, 6.45) is -4.56. The zero-order valence-electron chi connectivity index (χ0n) is 17.9. The highest BCUT2D eigenvalue weighted by atomic mass is 35.5.